The predicted octanol–water partition coefficient (Wildman–Crippen LogP) is 2.36. The highest BCUT2D eigenvalue weighted by molar-refractivity contribution is 5.45. The van der Waals surface area contributed by atoms with Crippen LogP contribution in [0.2, 0.25) is 0 Å². The lowest BCUT2D eigenvalue weighted by Gasteiger charge is -2.07. The number of halogens is 5. The molecule has 1 aromatic carbocycles. The van der Waals surface area contributed by atoms with Gasteiger partial charge in [0.05, 0.1) is 7.11 Å². The molecule has 1 aromatic rings. The maximum absolute atomic E-state index is 12.7. The topological polar surface area (TPSA) is 21.3 Å². The molecule has 0 saturated carbocycles. The van der Waals surface area contributed by atoms with E-state index < -0.39 is 34.8 Å². The van der Waals surface area contributed by atoms with Gasteiger partial charge in [-0.25, -0.2) is 22.0 Å². The summed E-state index contributed by atoms with van der Waals surface area (Å²) in [7, 11) is 0.970. The molecule has 0 fully saturated rings. The molecule has 0 aliphatic heterocycles. The number of benzene rings is 1. The third-order valence-electron chi connectivity index (χ3n) is 1.41. The van der Waals surface area contributed by atoms with Gasteiger partial charge < -0.3 is 0 Å². The molecule has 1 N–H and O–H groups in total. The molecule has 7 heteroatoms. The number of hydrogen-bond donors (Lipinski definition) is 1. The van der Waals surface area contributed by atoms with Crippen molar-refractivity contribution in [1.29, 1.82) is 0 Å². The molecule has 0 aromatic heterocycles. The van der Waals surface area contributed by atoms with Crippen molar-refractivity contribution in [3.63, 3.8) is 0 Å². The third-order valence-corrected chi connectivity index (χ3v) is 1.41. The fourth-order valence-corrected chi connectivity index (χ4v) is 0.797. The largest absolute Gasteiger partial charge is 0.279 e. The van der Waals surface area contributed by atoms with Crippen molar-refractivity contribution in [3.8, 4) is 0 Å². The van der Waals surface area contributed by atoms with Crippen molar-refractivity contribution in [2.75, 3.05) is 12.6 Å². The zero-order valence-electron chi connectivity index (χ0n) is 6.80. The van der Waals surface area contributed by atoms with E-state index in [9.17, 15) is 22.0 Å². The lowest BCUT2D eigenvalue weighted by Crippen LogP contribution is -2.08. The van der Waals surface area contributed by atoms with Gasteiger partial charge >= 0.3 is 0 Å². The zero-order valence-corrected chi connectivity index (χ0v) is 6.80. The second-order valence-electron chi connectivity index (χ2n) is 2.25. The predicted molar refractivity (Wildman–Crippen MR) is 36.9 cm³/mol. The Bertz CT molecular complexity index is 339. The van der Waals surface area contributed by atoms with Crippen molar-refractivity contribution in [2.45, 2.75) is 0 Å². The Balaban J connectivity index is 3.43. The average molecular weight is 213 g/mol. The molecule has 0 bridgehead atoms. The van der Waals surface area contributed by atoms with Gasteiger partial charge in [-0.1, -0.05) is 0 Å². The van der Waals surface area contributed by atoms with E-state index in [-0.39, 0.29) is 0 Å². The molecule has 0 saturated heterocycles. The summed E-state index contributed by atoms with van der Waals surface area (Å²) in [4.78, 5) is 4.05. The van der Waals surface area contributed by atoms with Crippen LogP contribution in [0.5, 0.6) is 0 Å². The maximum Gasteiger partial charge on any atom is 0.200 e. The first-order valence-electron chi connectivity index (χ1n) is 3.31. The van der Waals surface area contributed by atoms with Crippen LogP contribution in [0.3, 0.4) is 0 Å². The lowest BCUT2D eigenvalue weighted by molar-refractivity contribution is 0.262. The maximum atomic E-state index is 12.7. The van der Waals surface area contributed by atoms with Crippen LogP contribution < -0.4 is 5.48 Å². The van der Waals surface area contributed by atoms with Crippen LogP contribution in [0.1, 0.15) is 0 Å². The standard InChI is InChI=1S/C7H4F5NO/c1-14-13-7-5(11)3(9)2(8)4(10)6(7)12/h13H,1H3. The molecule has 2 nitrogen and oxygen atoms in total. The summed E-state index contributed by atoms with van der Waals surface area (Å²) in [6.07, 6.45) is 0. The fraction of sp³-hybridized carbons (Fsp3) is 0.143. The number of anilines is 1. The van der Waals surface area contributed by atoms with E-state index in [1.165, 1.54) is 0 Å². The summed E-state index contributed by atoms with van der Waals surface area (Å²) < 4.78 is 62.8. The first kappa shape index (κ1) is 10.7. The van der Waals surface area contributed by atoms with E-state index in [1.807, 2.05) is 0 Å². The Morgan fingerprint density at radius 1 is 0.786 bits per heavy atom. The van der Waals surface area contributed by atoms with Crippen LogP contribution in [0.25, 0.3) is 0 Å². The van der Waals surface area contributed by atoms with E-state index in [1.54, 1.807) is 5.48 Å². The van der Waals surface area contributed by atoms with Crippen LogP contribution >= 0.6 is 0 Å². The van der Waals surface area contributed by atoms with E-state index in [2.05, 4.69) is 4.84 Å². The monoisotopic (exact) mass is 213 g/mol. The van der Waals surface area contributed by atoms with Gasteiger partial charge in [-0.05, 0) is 0 Å². The smallest absolute Gasteiger partial charge is 0.200 e. The van der Waals surface area contributed by atoms with Gasteiger partial charge in [0.1, 0.15) is 5.69 Å². The van der Waals surface area contributed by atoms with Gasteiger partial charge in [0.25, 0.3) is 0 Å². The molecular weight excluding hydrogens is 209 g/mol. The van der Waals surface area contributed by atoms with E-state index in [0.29, 0.717) is 0 Å². The Morgan fingerprint density at radius 2 is 1.14 bits per heavy atom. The Morgan fingerprint density at radius 3 is 1.50 bits per heavy atom. The molecular formula is C7H4F5NO. The van der Waals surface area contributed by atoms with Gasteiger partial charge in [-0.3, -0.25) is 10.3 Å². The summed E-state index contributed by atoms with van der Waals surface area (Å²) in [6, 6.07) is 0. The van der Waals surface area contributed by atoms with Gasteiger partial charge in [0.15, 0.2) is 23.3 Å². The second-order valence-corrected chi connectivity index (χ2v) is 2.25. The summed E-state index contributed by atoms with van der Waals surface area (Å²) in [5.74, 6) is -10.2. The molecule has 1 rings (SSSR count). The minimum atomic E-state index is -2.21. The quantitative estimate of drug-likeness (QED) is 0.352. The normalized spacial score (nSPS) is 10.4. The first-order chi connectivity index (χ1) is 6.50. The zero-order chi connectivity index (χ0) is 10.9. The average Bonchev–Trinajstić information content (AvgIpc) is 2.19. The van der Waals surface area contributed by atoms with E-state index >= 15 is 0 Å². The highest BCUT2D eigenvalue weighted by atomic mass is 19.2. The summed E-state index contributed by atoms with van der Waals surface area (Å²) in [6.45, 7) is 0. The summed E-state index contributed by atoms with van der Waals surface area (Å²) in [5, 5.41) is 0. The highest BCUT2D eigenvalue weighted by Crippen LogP contribution is 2.26. The van der Waals surface area contributed by atoms with Crippen LogP contribution in [0.4, 0.5) is 27.6 Å². The van der Waals surface area contributed by atoms with Crippen LogP contribution in [0.15, 0.2) is 0 Å². The molecule has 0 aliphatic carbocycles. The highest BCUT2D eigenvalue weighted by Gasteiger charge is 2.25. The van der Waals surface area contributed by atoms with E-state index in [0.717, 1.165) is 7.11 Å². The molecule has 0 radical (unpaired) electrons. The van der Waals surface area contributed by atoms with Crippen molar-refractivity contribution in [2.24, 2.45) is 0 Å². The molecule has 78 valence electrons. The molecule has 0 heterocycles. The molecule has 0 spiro atoms. The van der Waals surface area contributed by atoms with Crippen LogP contribution in [0, 0.1) is 29.1 Å². The second kappa shape index (κ2) is 3.79. The third kappa shape index (κ3) is 1.50. The Labute approximate surface area is 75.2 Å². The van der Waals surface area contributed by atoms with Crippen molar-refractivity contribution in [1.82, 2.24) is 0 Å². The molecule has 0 aliphatic rings. The van der Waals surface area contributed by atoms with Crippen LogP contribution in [-0.4, -0.2) is 7.11 Å². The Hall–Kier alpha value is -1.37. The van der Waals surface area contributed by atoms with Gasteiger partial charge in [0.2, 0.25) is 5.82 Å². The Kier molecular flexibility index (Phi) is 2.90. The minimum Gasteiger partial charge on any atom is -0.279 e. The number of hydrogen-bond acceptors (Lipinski definition) is 2. The number of nitrogens with one attached hydrogen (secondary N) is 1. The van der Waals surface area contributed by atoms with Crippen molar-refractivity contribution >= 4 is 5.69 Å². The van der Waals surface area contributed by atoms with Crippen LogP contribution in [-0.2, 0) is 4.84 Å². The van der Waals surface area contributed by atoms with Crippen molar-refractivity contribution < 1.29 is 26.8 Å². The summed E-state index contributed by atoms with van der Waals surface area (Å²) >= 11 is 0. The van der Waals surface area contributed by atoms with Crippen molar-refractivity contribution in [3.05, 3.63) is 29.1 Å². The first-order valence-corrected chi connectivity index (χ1v) is 3.31. The van der Waals surface area contributed by atoms with Gasteiger partial charge in [0, 0.05) is 0 Å². The van der Waals surface area contributed by atoms with Gasteiger partial charge in [-0.2, -0.15) is 0 Å². The van der Waals surface area contributed by atoms with Gasteiger partial charge in [-0.15, -0.1) is 0 Å². The molecule has 14 heavy (non-hydrogen) atoms. The SMILES string of the molecule is CONc1c(F)c(F)c(F)c(F)c1F. The minimum absolute atomic E-state index is 0.970. The van der Waals surface area contributed by atoms with E-state index in [4.69, 9.17) is 0 Å². The molecule has 0 unspecified atom stereocenters. The number of rotatable bonds is 2. The molecule has 0 atom stereocenters. The molecule has 0 amide bonds. The summed E-state index contributed by atoms with van der Waals surface area (Å²) in [5.41, 5.74) is 0.338. The fourth-order valence-electron chi connectivity index (χ4n) is 0.797. The lowest BCUT2D eigenvalue weighted by atomic mass is 10.2.